The molecular weight excluding hydrogens is 268 g/mol. The molecule has 1 N–H and O–H groups in total. The minimum atomic E-state index is -0.610. The topological polar surface area (TPSA) is 67.3 Å². The van der Waals surface area contributed by atoms with Crippen LogP contribution >= 0.6 is 0 Å². The highest BCUT2D eigenvalue weighted by atomic mass is 16.5. The maximum atomic E-state index is 12.0. The maximum absolute atomic E-state index is 12.0. The Kier molecular flexibility index (Phi) is 4.71. The predicted molar refractivity (Wildman–Crippen MR) is 81.2 cm³/mol. The van der Waals surface area contributed by atoms with Crippen LogP contribution in [0.15, 0.2) is 42.6 Å². The van der Waals surface area contributed by atoms with E-state index in [0.717, 1.165) is 5.56 Å². The van der Waals surface area contributed by atoms with E-state index in [9.17, 15) is 4.79 Å². The molecule has 6 heteroatoms. The SMILES string of the molecule is COC(=O)C(Nc1ccnc(N(C)C)n1)c1ccccc1. The standard InChI is InChI=1S/C15H18N4O2/c1-19(2)15-16-10-9-12(18-15)17-13(14(20)21-3)11-7-5-4-6-8-11/h4-10,13H,1-3H3,(H,16,17,18). The van der Waals surface area contributed by atoms with Crippen molar-refractivity contribution in [3.8, 4) is 0 Å². The van der Waals surface area contributed by atoms with Gasteiger partial charge in [-0.05, 0) is 11.6 Å². The van der Waals surface area contributed by atoms with Gasteiger partial charge in [-0.25, -0.2) is 9.78 Å². The van der Waals surface area contributed by atoms with Crippen LogP contribution in [0.25, 0.3) is 0 Å². The first-order chi connectivity index (χ1) is 10.1. The van der Waals surface area contributed by atoms with E-state index >= 15 is 0 Å². The highest BCUT2D eigenvalue weighted by Gasteiger charge is 2.21. The van der Waals surface area contributed by atoms with Crippen molar-refractivity contribution in [1.82, 2.24) is 9.97 Å². The molecule has 0 aliphatic heterocycles. The van der Waals surface area contributed by atoms with E-state index in [-0.39, 0.29) is 5.97 Å². The second-order valence-corrected chi connectivity index (χ2v) is 4.65. The molecule has 0 saturated carbocycles. The number of nitrogens with one attached hydrogen (secondary N) is 1. The molecule has 0 aliphatic rings. The van der Waals surface area contributed by atoms with E-state index in [4.69, 9.17) is 4.74 Å². The summed E-state index contributed by atoms with van der Waals surface area (Å²) in [6.07, 6.45) is 1.64. The number of hydrogen-bond acceptors (Lipinski definition) is 6. The number of aromatic nitrogens is 2. The van der Waals surface area contributed by atoms with Crippen molar-refractivity contribution in [2.75, 3.05) is 31.4 Å². The second kappa shape index (κ2) is 6.69. The highest BCUT2D eigenvalue weighted by molar-refractivity contribution is 5.80. The summed E-state index contributed by atoms with van der Waals surface area (Å²) in [6, 6.07) is 10.5. The first-order valence-electron chi connectivity index (χ1n) is 6.51. The van der Waals surface area contributed by atoms with Gasteiger partial charge in [-0.15, -0.1) is 0 Å². The molecule has 1 aromatic carbocycles. The molecular formula is C15H18N4O2. The number of benzene rings is 1. The predicted octanol–water partition coefficient (Wildman–Crippen LogP) is 1.87. The first kappa shape index (κ1) is 14.8. The third-order valence-electron chi connectivity index (χ3n) is 2.90. The van der Waals surface area contributed by atoms with E-state index in [2.05, 4.69) is 15.3 Å². The van der Waals surface area contributed by atoms with Gasteiger partial charge in [-0.1, -0.05) is 30.3 Å². The Morgan fingerprint density at radius 3 is 2.57 bits per heavy atom. The molecule has 2 rings (SSSR count). The number of hydrogen-bond donors (Lipinski definition) is 1. The number of carbonyl (C=O) groups is 1. The average Bonchev–Trinajstić information content (AvgIpc) is 2.53. The lowest BCUT2D eigenvalue weighted by molar-refractivity contribution is -0.141. The molecule has 1 aromatic heterocycles. The smallest absolute Gasteiger partial charge is 0.333 e. The molecule has 1 unspecified atom stereocenters. The molecule has 2 aromatic rings. The van der Waals surface area contributed by atoms with Crippen LogP contribution in [0.4, 0.5) is 11.8 Å². The minimum absolute atomic E-state index is 0.369. The van der Waals surface area contributed by atoms with Gasteiger partial charge < -0.3 is 15.0 Å². The number of methoxy groups -OCH3 is 1. The summed E-state index contributed by atoms with van der Waals surface area (Å²) in [4.78, 5) is 22.3. The Hall–Kier alpha value is -2.63. The lowest BCUT2D eigenvalue weighted by Gasteiger charge is -2.18. The van der Waals surface area contributed by atoms with E-state index < -0.39 is 6.04 Å². The number of carbonyl (C=O) groups excluding carboxylic acids is 1. The van der Waals surface area contributed by atoms with E-state index in [1.165, 1.54) is 7.11 Å². The normalized spacial score (nSPS) is 11.6. The van der Waals surface area contributed by atoms with Crippen molar-refractivity contribution < 1.29 is 9.53 Å². The minimum Gasteiger partial charge on any atom is -0.467 e. The van der Waals surface area contributed by atoms with Gasteiger partial charge in [0.2, 0.25) is 5.95 Å². The summed E-state index contributed by atoms with van der Waals surface area (Å²) >= 11 is 0. The largest absolute Gasteiger partial charge is 0.467 e. The van der Waals surface area contributed by atoms with Gasteiger partial charge >= 0.3 is 5.97 Å². The molecule has 1 atom stereocenters. The lowest BCUT2D eigenvalue weighted by atomic mass is 10.1. The Balaban J connectivity index is 2.27. The summed E-state index contributed by atoms with van der Waals surface area (Å²) in [7, 11) is 5.08. The van der Waals surface area contributed by atoms with E-state index in [0.29, 0.717) is 11.8 Å². The molecule has 110 valence electrons. The van der Waals surface area contributed by atoms with Crippen LogP contribution in [0.3, 0.4) is 0 Å². The van der Waals surface area contributed by atoms with Crippen LogP contribution < -0.4 is 10.2 Å². The third-order valence-corrected chi connectivity index (χ3v) is 2.90. The van der Waals surface area contributed by atoms with Crippen molar-refractivity contribution in [2.45, 2.75) is 6.04 Å². The first-order valence-corrected chi connectivity index (χ1v) is 6.51. The maximum Gasteiger partial charge on any atom is 0.333 e. The van der Waals surface area contributed by atoms with Crippen LogP contribution in [0.5, 0.6) is 0 Å². The Morgan fingerprint density at radius 1 is 1.24 bits per heavy atom. The molecule has 0 saturated heterocycles. The second-order valence-electron chi connectivity index (χ2n) is 4.65. The molecule has 0 aliphatic carbocycles. The lowest BCUT2D eigenvalue weighted by Crippen LogP contribution is -2.23. The third kappa shape index (κ3) is 3.68. The molecule has 0 fully saturated rings. The highest BCUT2D eigenvalue weighted by Crippen LogP contribution is 2.20. The van der Waals surface area contributed by atoms with Crippen LogP contribution in [-0.4, -0.2) is 37.1 Å². The van der Waals surface area contributed by atoms with Gasteiger partial charge in [0.1, 0.15) is 5.82 Å². The molecule has 0 amide bonds. The monoisotopic (exact) mass is 286 g/mol. The zero-order valence-electron chi connectivity index (χ0n) is 12.3. The van der Waals surface area contributed by atoms with Crippen LogP contribution in [0, 0.1) is 0 Å². The molecule has 0 spiro atoms. The van der Waals surface area contributed by atoms with E-state index in [1.807, 2.05) is 44.4 Å². The zero-order valence-corrected chi connectivity index (χ0v) is 12.3. The van der Waals surface area contributed by atoms with Crippen LogP contribution in [0.2, 0.25) is 0 Å². The van der Waals surface area contributed by atoms with Crippen molar-refractivity contribution in [3.05, 3.63) is 48.2 Å². The van der Waals surface area contributed by atoms with Crippen LogP contribution in [-0.2, 0) is 9.53 Å². The molecule has 1 heterocycles. The summed E-state index contributed by atoms with van der Waals surface area (Å²) in [5, 5.41) is 3.09. The van der Waals surface area contributed by atoms with Gasteiger partial charge in [-0.3, -0.25) is 0 Å². The molecule has 6 nitrogen and oxygen atoms in total. The summed E-state index contributed by atoms with van der Waals surface area (Å²) in [5.41, 5.74) is 0.814. The van der Waals surface area contributed by atoms with Gasteiger partial charge in [0.05, 0.1) is 7.11 Å². The zero-order chi connectivity index (χ0) is 15.2. The molecule has 21 heavy (non-hydrogen) atoms. The Labute approximate surface area is 123 Å². The number of nitrogens with zero attached hydrogens (tertiary/aromatic N) is 3. The fraction of sp³-hybridized carbons (Fsp3) is 0.267. The van der Waals surface area contributed by atoms with Crippen molar-refractivity contribution in [2.24, 2.45) is 0 Å². The fourth-order valence-corrected chi connectivity index (χ4v) is 1.83. The molecule has 0 radical (unpaired) electrons. The van der Waals surface area contributed by atoms with Gasteiger partial charge in [0, 0.05) is 20.3 Å². The Morgan fingerprint density at radius 2 is 1.95 bits per heavy atom. The fourth-order valence-electron chi connectivity index (χ4n) is 1.83. The number of ether oxygens (including phenoxy) is 1. The van der Waals surface area contributed by atoms with Gasteiger partial charge in [0.25, 0.3) is 0 Å². The van der Waals surface area contributed by atoms with Gasteiger partial charge in [0.15, 0.2) is 6.04 Å². The van der Waals surface area contributed by atoms with Crippen molar-refractivity contribution in [3.63, 3.8) is 0 Å². The average molecular weight is 286 g/mol. The number of anilines is 2. The van der Waals surface area contributed by atoms with E-state index in [1.54, 1.807) is 17.2 Å². The summed E-state index contributed by atoms with van der Waals surface area (Å²) in [5.74, 6) is 0.760. The van der Waals surface area contributed by atoms with Crippen molar-refractivity contribution >= 4 is 17.7 Å². The number of esters is 1. The molecule has 0 bridgehead atoms. The Bertz CT molecular complexity index is 602. The van der Waals surface area contributed by atoms with Crippen molar-refractivity contribution in [1.29, 1.82) is 0 Å². The van der Waals surface area contributed by atoms with Gasteiger partial charge in [-0.2, -0.15) is 4.98 Å². The summed E-state index contributed by atoms with van der Waals surface area (Å²) in [6.45, 7) is 0. The quantitative estimate of drug-likeness (QED) is 0.846. The number of rotatable bonds is 5. The van der Waals surface area contributed by atoms with Crippen LogP contribution in [0.1, 0.15) is 11.6 Å². The summed E-state index contributed by atoms with van der Waals surface area (Å²) < 4.78 is 4.86.